The summed E-state index contributed by atoms with van der Waals surface area (Å²) in [7, 11) is 0. The fourth-order valence-electron chi connectivity index (χ4n) is 4.83. The standard InChI is InChI=1S/C19H29NO3/c1-3-11-19(22,15-7-5-6-8-15)18(21)23-17-14-9-12-20(13-10-14)16(17)4-2/h14-17,22H,4-10,12-13H2,1-2H3/t16-,17+,19+/m0/s1. The van der Waals surface area contributed by atoms with E-state index in [1.54, 1.807) is 6.92 Å². The van der Waals surface area contributed by atoms with Crippen molar-refractivity contribution < 1.29 is 14.6 Å². The zero-order valence-corrected chi connectivity index (χ0v) is 14.4. The molecule has 0 amide bonds. The molecule has 3 saturated heterocycles. The lowest BCUT2D eigenvalue weighted by molar-refractivity contribution is -0.185. The highest BCUT2D eigenvalue weighted by atomic mass is 16.6. The van der Waals surface area contributed by atoms with Gasteiger partial charge in [-0.15, -0.1) is 5.92 Å². The van der Waals surface area contributed by atoms with Crippen molar-refractivity contribution >= 4 is 5.97 Å². The van der Waals surface area contributed by atoms with Gasteiger partial charge in [-0.25, -0.2) is 4.79 Å². The molecule has 2 bridgehead atoms. The van der Waals surface area contributed by atoms with Crippen LogP contribution in [0.15, 0.2) is 0 Å². The zero-order chi connectivity index (χ0) is 16.4. The lowest BCUT2D eigenvalue weighted by atomic mass is 9.79. The van der Waals surface area contributed by atoms with Crippen molar-refractivity contribution in [1.29, 1.82) is 0 Å². The fourth-order valence-corrected chi connectivity index (χ4v) is 4.83. The average Bonchev–Trinajstić information content (AvgIpc) is 3.11. The second kappa shape index (κ2) is 6.83. The van der Waals surface area contributed by atoms with Crippen LogP contribution in [0.2, 0.25) is 0 Å². The molecule has 4 aliphatic rings. The van der Waals surface area contributed by atoms with Crippen LogP contribution in [0.4, 0.5) is 0 Å². The van der Waals surface area contributed by atoms with Crippen LogP contribution in [-0.2, 0) is 9.53 Å². The van der Waals surface area contributed by atoms with Gasteiger partial charge in [-0.1, -0.05) is 25.7 Å². The van der Waals surface area contributed by atoms with Crippen molar-refractivity contribution in [3.8, 4) is 11.8 Å². The molecule has 3 aliphatic heterocycles. The molecule has 1 N–H and O–H groups in total. The number of ether oxygens (including phenoxy) is 1. The third kappa shape index (κ3) is 3.02. The van der Waals surface area contributed by atoms with Gasteiger partial charge in [-0.05, 0) is 58.0 Å². The molecule has 128 valence electrons. The second-order valence-corrected chi connectivity index (χ2v) is 7.34. The Bertz CT molecular complexity index is 494. The number of piperidine rings is 3. The smallest absolute Gasteiger partial charge is 0.351 e. The summed E-state index contributed by atoms with van der Waals surface area (Å²) >= 11 is 0. The normalized spacial score (nSPS) is 36.1. The quantitative estimate of drug-likeness (QED) is 0.638. The minimum Gasteiger partial charge on any atom is -0.458 e. The molecule has 4 fully saturated rings. The van der Waals surface area contributed by atoms with Crippen molar-refractivity contribution in [3.05, 3.63) is 0 Å². The summed E-state index contributed by atoms with van der Waals surface area (Å²) in [5.74, 6) is 5.39. The summed E-state index contributed by atoms with van der Waals surface area (Å²) in [5, 5.41) is 11.0. The molecule has 1 saturated carbocycles. The Hall–Kier alpha value is -1.05. The summed E-state index contributed by atoms with van der Waals surface area (Å²) in [4.78, 5) is 15.3. The zero-order valence-electron chi connectivity index (χ0n) is 14.4. The van der Waals surface area contributed by atoms with Crippen molar-refractivity contribution in [2.24, 2.45) is 11.8 Å². The average molecular weight is 319 g/mol. The first kappa shape index (κ1) is 16.8. The Morgan fingerprint density at radius 2 is 1.91 bits per heavy atom. The molecular weight excluding hydrogens is 290 g/mol. The summed E-state index contributed by atoms with van der Waals surface area (Å²) in [6, 6.07) is 0.300. The monoisotopic (exact) mass is 319 g/mol. The largest absolute Gasteiger partial charge is 0.458 e. The summed E-state index contributed by atoms with van der Waals surface area (Å²) in [5.41, 5.74) is -1.62. The number of carbonyl (C=O) groups excluding carboxylic acids is 1. The summed E-state index contributed by atoms with van der Waals surface area (Å²) < 4.78 is 5.93. The van der Waals surface area contributed by atoms with Crippen molar-refractivity contribution in [2.45, 2.75) is 76.5 Å². The van der Waals surface area contributed by atoms with Gasteiger partial charge in [0, 0.05) is 12.0 Å². The lowest BCUT2D eigenvalue weighted by Crippen LogP contribution is -2.60. The number of esters is 1. The van der Waals surface area contributed by atoms with E-state index in [4.69, 9.17) is 4.74 Å². The van der Waals surface area contributed by atoms with Crippen molar-refractivity contribution in [1.82, 2.24) is 4.90 Å². The number of fused-ring (bicyclic) bond motifs is 3. The fraction of sp³-hybridized carbons (Fsp3) is 0.842. The molecule has 23 heavy (non-hydrogen) atoms. The molecule has 0 aromatic carbocycles. The van der Waals surface area contributed by atoms with Crippen LogP contribution in [0, 0.1) is 23.7 Å². The third-order valence-corrected chi connectivity index (χ3v) is 6.12. The number of carbonyl (C=O) groups is 1. The maximum Gasteiger partial charge on any atom is 0.351 e. The van der Waals surface area contributed by atoms with E-state index in [2.05, 4.69) is 23.7 Å². The molecule has 4 nitrogen and oxygen atoms in total. The molecule has 3 atom stereocenters. The van der Waals surface area contributed by atoms with Crippen LogP contribution in [-0.4, -0.2) is 46.8 Å². The van der Waals surface area contributed by atoms with Gasteiger partial charge in [0.15, 0.2) is 0 Å². The van der Waals surface area contributed by atoms with Gasteiger partial charge in [-0.3, -0.25) is 4.90 Å². The van der Waals surface area contributed by atoms with Gasteiger partial charge in [-0.2, -0.15) is 0 Å². The van der Waals surface area contributed by atoms with E-state index in [0.29, 0.717) is 12.0 Å². The number of aliphatic hydroxyl groups is 1. The van der Waals surface area contributed by atoms with E-state index in [1.807, 2.05) is 0 Å². The molecule has 0 unspecified atom stereocenters. The highest BCUT2D eigenvalue weighted by Crippen LogP contribution is 2.39. The Morgan fingerprint density at radius 3 is 2.48 bits per heavy atom. The summed E-state index contributed by atoms with van der Waals surface area (Å²) in [6.07, 6.45) is 6.92. The minimum absolute atomic E-state index is 0.0800. The molecule has 0 radical (unpaired) electrons. The predicted octanol–water partition coefficient (Wildman–Crippen LogP) is 2.35. The van der Waals surface area contributed by atoms with Gasteiger partial charge >= 0.3 is 5.97 Å². The number of rotatable bonds is 4. The molecule has 0 aromatic rings. The van der Waals surface area contributed by atoms with Crippen molar-refractivity contribution in [2.75, 3.05) is 13.1 Å². The van der Waals surface area contributed by atoms with Crippen LogP contribution in [0.5, 0.6) is 0 Å². The number of hydrogen-bond donors (Lipinski definition) is 1. The van der Waals surface area contributed by atoms with Crippen molar-refractivity contribution in [3.63, 3.8) is 0 Å². The Morgan fingerprint density at radius 1 is 1.26 bits per heavy atom. The first-order valence-corrected chi connectivity index (χ1v) is 9.21. The van der Waals surface area contributed by atoms with Crippen LogP contribution in [0.1, 0.15) is 58.8 Å². The summed E-state index contributed by atoms with van der Waals surface area (Å²) in [6.45, 7) is 6.05. The first-order valence-electron chi connectivity index (χ1n) is 9.21. The molecule has 0 aromatic heterocycles. The minimum atomic E-state index is -1.62. The molecule has 1 aliphatic carbocycles. The van der Waals surface area contributed by atoms with E-state index < -0.39 is 11.6 Å². The van der Waals surface area contributed by atoms with Crippen LogP contribution in [0.3, 0.4) is 0 Å². The van der Waals surface area contributed by atoms with Crippen LogP contribution in [0.25, 0.3) is 0 Å². The van der Waals surface area contributed by atoms with Crippen LogP contribution >= 0.6 is 0 Å². The van der Waals surface area contributed by atoms with E-state index in [-0.39, 0.29) is 12.0 Å². The van der Waals surface area contributed by atoms with E-state index >= 15 is 0 Å². The molecule has 4 rings (SSSR count). The van der Waals surface area contributed by atoms with Gasteiger partial charge in [0.2, 0.25) is 5.60 Å². The molecule has 3 heterocycles. The first-order chi connectivity index (χ1) is 11.1. The Kier molecular flexibility index (Phi) is 4.98. The van der Waals surface area contributed by atoms with Gasteiger partial charge in [0.1, 0.15) is 6.10 Å². The maximum atomic E-state index is 12.9. The van der Waals surface area contributed by atoms with Gasteiger partial charge < -0.3 is 9.84 Å². The van der Waals surface area contributed by atoms with Gasteiger partial charge in [0.05, 0.1) is 0 Å². The van der Waals surface area contributed by atoms with E-state index in [9.17, 15) is 9.90 Å². The topological polar surface area (TPSA) is 49.8 Å². The molecule has 4 heteroatoms. The highest BCUT2D eigenvalue weighted by molar-refractivity contribution is 5.84. The lowest BCUT2D eigenvalue weighted by Gasteiger charge is -2.50. The number of hydrogen-bond acceptors (Lipinski definition) is 4. The maximum absolute atomic E-state index is 12.9. The number of nitrogens with zero attached hydrogens (tertiary/aromatic N) is 1. The van der Waals surface area contributed by atoms with E-state index in [0.717, 1.165) is 58.0 Å². The molecule has 0 spiro atoms. The third-order valence-electron chi connectivity index (χ3n) is 6.12. The Labute approximate surface area is 139 Å². The highest BCUT2D eigenvalue weighted by Gasteiger charge is 2.49. The SMILES string of the molecule is CC#C[C@](O)(C(=O)O[C@@H]1C2CCN(CC2)[C@H]1CC)C1CCCC1. The van der Waals surface area contributed by atoms with Gasteiger partial charge in [0.25, 0.3) is 0 Å². The van der Waals surface area contributed by atoms with E-state index in [1.165, 1.54) is 0 Å². The molecular formula is C19H29NO3. The Balaban J connectivity index is 1.76. The predicted molar refractivity (Wildman–Crippen MR) is 88.6 cm³/mol. The second-order valence-electron chi connectivity index (χ2n) is 7.34. The van der Waals surface area contributed by atoms with Crippen LogP contribution < -0.4 is 0 Å².